The maximum Gasteiger partial charge on any atom is 0.121 e. The first-order valence-electron chi connectivity index (χ1n) is 6.73. The minimum atomic E-state index is 0.273. The van der Waals surface area contributed by atoms with Crippen LogP contribution in [-0.2, 0) is 6.54 Å². The van der Waals surface area contributed by atoms with Crippen molar-refractivity contribution in [3.63, 3.8) is 0 Å². The Labute approximate surface area is 109 Å². The van der Waals surface area contributed by atoms with Crippen LogP contribution in [-0.4, -0.2) is 36.3 Å². The van der Waals surface area contributed by atoms with E-state index in [9.17, 15) is 5.11 Å². The molecule has 3 nitrogen and oxygen atoms in total. The van der Waals surface area contributed by atoms with Crippen LogP contribution in [0.15, 0.2) is 18.2 Å². The van der Waals surface area contributed by atoms with Crippen molar-refractivity contribution in [1.82, 2.24) is 4.90 Å². The zero-order chi connectivity index (χ0) is 13.0. The molecule has 1 aliphatic heterocycles. The van der Waals surface area contributed by atoms with Crippen molar-refractivity contribution in [3.05, 3.63) is 29.3 Å². The van der Waals surface area contributed by atoms with Gasteiger partial charge in [-0.25, -0.2) is 0 Å². The molecule has 0 radical (unpaired) electrons. The molecule has 0 saturated carbocycles. The summed E-state index contributed by atoms with van der Waals surface area (Å²) < 4.78 is 5.28. The van der Waals surface area contributed by atoms with Crippen molar-refractivity contribution >= 4 is 0 Å². The minimum absolute atomic E-state index is 0.273. The molecule has 0 aromatic heterocycles. The van der Waals surface area contributed by atoms with E-state index >= 15 is 0 Å². The highest BCUT2D eigenvalue weighted by atomic mass is 16.5. The lowest BCUT2D eigenvalue weighted by Gasteiger charge is -2.34. The highest BCUT2D eigenvalue weighted by Gasteiger charge is 2.21. The average Bonchev–Trinajstić information content (AvgIpc) is 2.39. The SMILES string of the molecule is COc1ccc(CN2CCCC[C@H]2CO)cc1C. The molecule has 1 aromatic carbocycles. The first-order chi connectivity index (χ1) is 8.74. The molecular weight excluding hydrogens is 226 g/mol. The van der Waals surface area contributed by atoms with Gasteiger partial charge in [-0.05, 0) is 43.5 Å². The van der Waals surface area contributed by atoms with Gasteiger partial charge in [-0.2, -0.15) is 0 Å². The van der Waals surface area contributed by atoms with Crippen LogP contribution >= 0.6 is 0 Å². The van der Waals surface area contributed by atoms with Gasteiger partial charge in [0.25, 0.3) is 0 Å². The van der Waals surface area contributed by atoms with E-state index in [4.69, 9.17) is 4.74 Å². The fourth-order valence-electron chi connectivity index (χ4n) is 2.75. The molecule has 1 fully saturated rings. The summed E-state index contributed by atoms with van der Waals surface area (Å²) in [6.07, 6.45) is 3.60. The van der Waals surface area contributed by atoms with Crippen LogP contribution in [0.2, 0.25) is 0 Å². The van der Waals surface area contributed by atoms with Gasteiger partial charge in [0.2, 0.25) is 0 Å². The molecule has 2 rings (SSSR count). The van der Waals surface area contributed by atoms with Gasteiger partial charge in [0.1, 0.15) is 5.75 Å². The second-order valence-electron chi connectivity index (χ2n) is 5.11. The highest BCUT2D eigenvalue weighted by molar-refractivity contribution is 5.36. The van der Waals surface area contributed by atoms with Gasteiger partial charge in [0.15, 0.2) is 0 Å². The van der Waals surface area contributed by atoms with E-state index in [1.54, 1.807) is 7.11 Å². The molecule has 0 spiro atoms. The van der Waals surface area contributed by atoms with Crippen LogP contribution in [0.25, 0.3) is 0 Å². The van der Waals surface area contributed by atoms with E-state index in [2.05, 4.69) is 24.0 Å². The third-order valence-electron chi connectivity index (χ3n) is 3.80. The van der Waals surface area contributed by atoms with E-state index in [1.807, 2.05) is 6.07 Å². The van der Waals surface area contributed by atoms with Gasteiger partial charge < -0.3 is 9.84 Å². The number of aliphatic hydroxyl groups excluding tert-OH is 1. The first kappa shape index (κ1) is 13.4. The predicted molar refractivity (Wildman–Crippen MR) is 72.9 cm³/mol. The number of ether oxygens (including phenoxy) is 1. The second kappa shape index (κ2) is 6.21. The Hall–Kier alpha value is -1.06. The van der Waals surface area contributed by atoms with Crippen LogP contribution in [0.3, 0.4) is 0 Å². The number of nitrogens with zero attached hydrogens (tertiary/aromatic N) is 1. The van der Waals surface area contributed by atoms with Gasteiger partial charge >= 0.3 is 0 Å². The lowest BCUT2D eigenvalue weighted by atomic mass is 10.0. The number of hydrogen-bond acceptors (Lipinski definition) is 3. The summed E-state index contributed by atoms with van der Waals surface area (Å²) in [4.78, 5) is 2.39. The lowest BCUT2D eigenvalue weighted by molar-refractivity contribution is 0.0841. The molecule has 0 aliphatic carbocycles. The average molecular weight is 249 g/mol. The van der Waals surface area contributed by atoms with Crippen molar-refractivity contribution in [1.29, 1.82) is 0 Å². The van der Waals surface area contributed by atoms with E-state index in [0.717, 1.165) is 25.3 Å². The Bertz CT molecular complexity index is 392. The predicted octanol–water partition coefficient (Wildman–Crippen LogP) is 2.35. The molecule has 0 unspecified atom stereocenters. The lowest BCUT2D eigenvalue weighted by Crippen LogP contribution is -2.41. The van der Waals surface area contributed by atoms with Crippen LogP contribution in [0.5, 0.6) is 5.75 Å². The summed E-state index contributed by atoms with van der Waals surface area (Å²) in [6, 6.07) is 6.67. The molecule has 1 N–H and O–H groups in total. The third-order valence-corrected chi connectivity index (χ3v) is 3.80. The van der Waals surface area contributed by atoms with Gasteiger partial charge in [-0.15, -0.1) is 0 Å². The molecule has 0 bridgehead atoms. The van der Waals surface area contributed by atoms with Crippen LogP contribution in [0, 0.1) is 6.92 Å². The van der Waals surface area contributed by atoms with Crippen LogP contribution in [0.1, 0.15) is 30.4 Å². The second-order valence-corrected chi connectivity index (χ2v) is 5.11. The topological polar surface area (TPSA) is 32.7 Å². The van der Waals surface area contributed by atoms with Crippen molar-refractivity contribution in [3.8, 4) is 5.75 Å². The molecular formula is C15H23NO2. The Balaban J connectivity index is 2.05. The Morgan fingerprint density at radius 2 is 2.22 bits per heavy atom. The largest absolute Gasteiger partial charge is 0.496 e. The molecule has 1 aliphatic rings. The molecule has 1 atom stereocenters. The fourth-order valence-corrected chi connectivity index (χ4v) is 2.75. The van der Waals surface area contributed by atoms with Gasteiger partial charge in [0.05, 0.1) is 13.7 Å². The summed E-state index contributed by atoms with van der Waals surface area (Å²) >= 11 is 0. The monoisotopic (exact) mass is 249 g/mol. The summed E-state index contributed by atoms with van der Waals surface area (Å²) in [5, 5.41) is 9.41. The molecule has 100 valence electrons. The minimum Gasteiger partial charge on any atom is -0.496 e. The Morgan fingerprint density at radius 3 is 2.89 bits per heavy atom. The van der Waals surface area contributed by atoms with Gasteiger partial charge in [-0.1, -0.05) is 18.6 Å². The number of methoxy groups -OCH3 is 1. The van der Waals surface area contributed by atoms with Gasteiger partial charge in [-0.3, -0.25) is 4.90 Å². The van der Waals surface area contributed by atoms with E-state index in [0.29, 0.717) is 6.04 Å². The summed E-state index contributed by atoms with van der Waals surface area (Å²) in [5.74, 6) is 0.941. The number of aliphatic hydroxyl groups is 1. The van der Waals surface area contributed by atoms with Crippen LogP contribution < -0.4 is 4.74 Å². The standard InChI is InChI=1S/C15H23NO2/c1-12-9-13(6-7-15(12)18-2)10-16-8-4-3-5-14(16)11-17/h6-7,9,14,17H,3-5,8,10-11H2,1-2H3/t14-/m0/s1. The number of hydrogen-bond donors (Lipinski definition) is 1. The zero-order valence-corrected chi connectivity index (χ0v) is 11.4. The van der Waals surface area contributed by atoms with Crippen molar-refractivity contribution in [2.45, 2.75) is 38.8 Å². The maximum absolute atomic E-state index is 9.41. The van der Waals surface area contributed by atoms with Gasteiger partial charge in [0, 0.05) is 12.6 Å². The summed E-state index contributed by atoms with van der Waals surface area (Å²) in [7, 11) is 1.70. The summed E-state index contributed by atoms with van der Waals surface area (Å²) in [6.45, 7) is 4.36. The highest BCUT2D eigenvalue weighted by Crippen LogP contribution is 2.22. The van der Waals surface area contributed by atoms with E-state index in [1.165, 1.54) is 24.0 Å². The van der Waals surface area contributed by atoms with Crippen LogP contribution in [0.4, 0.5) is 0 Å². The summed E-state index contributed by atoms with van der Waals surface area (Å²) in [5.41, 5.74) is 2.47. The first-order valence-corrected chi connectivity index (χ1v) is 6.73. The maximum atomic E-state index is 9.41. The number of benzene rings is 1. The number of likely N-dealkylation sites (tertiary alicyclic amines) is 1. The molecule has 1 aromatic rings. The van der Waals surface area contributed by atoms with Crippen molar-refractivity contribution in [2.24, 2.45) is 0 Å². The number of aryl methyl sites for hydroxylation is 1. The number of rotatable bonds is 4. The van der Waals surface area contributed by atoms with E-state index in [-0.39, 0.29) is 6.61 Å². The molecule has 3 heteroatoms. The molecule has 18 heavy (non-hydrogen) atoms. The van der Waals surface area contributed by atoms with Crippen molar-refractivity contribution in [2.75, 3.05) is 20.3 Å². The molecule has 1 heterocycles. The quantitative estimate of drug-likeness (QED) is 0.889. The van der Waals surface area contributed by atoms with Crippen molar-refractivity contribution < 1.29 is 9.84 Å². The van der Waals surface area contributed by atoms with E-state index < -0.39 is 0 Å². The molecule has 1 saturated heterocycles. The Morgan fingerprint density at radius 1 is 1.39 bits per heavy atom. The normalized spacial score (nSPS) is 20.9. The Kier molecular flexibility index (Phi) is 4.61. The zero-order valence-electron chi connectivity index (χ0n) is 11.4. The smallest absolute Gasteiger partial charge is 0.121 e. The fraction of sp³-hybridized carbons (Fsp3) is 0.600. The molecule has 0 amide bonds. The number of piperidine rings is 1. The third kappa shape index (κ3) is 3.03.